The average Bonchev–Trinajstić information content (AvgIpc) is 3.41. The van der Waals surface area contributed by atoms with Crippen molar-refractivity contribution >= 4 is 11.1 Å². The van der Waals surface area contributed by atoms with Crippen molar-refractivity contribution in [3.63, 3.8) is 0 Å². The van der Waals surface area contributed by atoms with E-state index in [1.54, 1.807) is 10.6 Å². The van der Waals surface area contributed by atoms with Gasteiger partial charge in [0.05, 0.1) is 5.52 Å². The number of hydrogen-bond donors (Lipinski definition) is 0. The van der Waals surface area contributed by atoms with E-state index in [0.717, 1.165) is 37.4 Å². The molecule has 4 rings (SSSR count). The zero-order valence-electron chi connectivity index (χ0n) is 14.3. The van der Waals surface area contributed by atoms with Crippen LogP contribution in [-0.4, -0.2) is 22.1 Å². The molecule has 1 aliphatic carbocycles. The number of rotatable bonds is 7. The first-order chi connectivity index (χ1) is 12.6. The predicted molar refractivity (Wildman–Crippen MR) is 94.9 cm³/mol. The van der Waals surface area contributed by atoms with E-state index in [4.69, 9.17) is 4.42 Å². The van der Waals surface area contributed by atoms with Crippen LogP contribution in [0.4, 0.5) is 8.78 Å². The fourth-order valence-corrected chi connectivity index (χ4v) is 3.36. The smallest absolute Gasteiger partial charge is 0.408 e. The highest BCUT2D eigenvalue weighted by Gasteiger charge is 2.29. The van der Waals surface area contributed by atoms with Crippen LogP contribution in [-0.2, 0) is 13.1 Å². The minimum absolute atomic E-state index is 0.353. The highest BCUT2D eigenvalue weighted by molar-refractivity contribution is 5.72. The van der Waals surface area contributed by atoms with Gasteiger partial charge >= 0.3 is 5.76 Å². The monoisotopic (exact) mass is 358 g/mol. The lowest BCUT2D eigenvalue weighted by Crippen LogP contribution is -2.28. The Morgan fingerprint density at radius 1 is 1.15 bits per heavy atom. The van der Waals surface area contributed by atoms with E-state index in [1.807, 2.05) is 18.2 Å². The first-order valence-electron chi connectivity index (χ1n) is 8.88. The fraction of sp³-hybridized carbons (Fsp3) is 0.350. The van der Waals surface area contributed by atoms with Gasteiger partial charge in [-0.3, -0.25) is 9.47 Å². The third-order valence-corrected chi connectivity index (χ3v) is 4.85. The molecule has 0 spiro atoms. The topological polar surface area (TPSA) is 38.4 Å². The Labute approximate surface area is 149 Å². The first kappa shape index (κ1) is 17.0. The Bertz CT molecular complexity index is 975. The maximum absolute atomic E-state index is 13.9. The minimum atomic E-state index is -0.560. The fourth-order valence-electron chi connectivity index (χ4n) is 3.36. The Kier molecular flexibility index (Phi) is 4.59. The summed E-state index contributed by atoms with van der Waals surface area (Å²) in [7, 11) is 0. The van der Waals surface area contributed by atoms with Crippen LogP contribution in [0.3, 0.4) is 0 Å². The summed E-state index contributed by atoms with van der Waals surface area (Å²) in [4.78, 5) is 14.2. The van der Waals surface area contributed by atoms with Crippen LogP contribution in [0.2, 0.25) is 0 Å². The average molecular weight is 358 g/mol. The first-order valence-corrected chi connectivity index (χ1v) is 8.88. The Balaban J connectivity index is 1.43. The molecular weight excluding hydrogens is 338 g/mol. The molecule has 4 nitrogen and oxygen atoms in total. The van der Waals surface area contributed by atoms with E-state index in [2.05, 4.69) is 4.90 Å². The van der Waals surface area contributed by atoms with E-state index >= 15 is 0 Å². The number of fused-ring (bicyclic) bond motifs is 1. The lowest BCUT2D eigenvalue weighted by Gasteiger charge is -2.22. The second-order valence-corrected chi connectivity index (χ2v) is 6.78. The lowest BCUT2D eigenvalue weighted by molar-refractivity contribution is 0.242. The molecule has 136 valence electrons. The number of para-hydroxylation sites is 2. The summed E-state index contributed by atoms with van der Waals surface area (Å²) in [5.41, 5.74) is 1.88. The maximum atomic E-state index is 13.9. The van der Waals surface area contributed by atoms with Gasteiger partial charge in [0.1, 0.15) is 11.6 Å². The minimum Gasteiger partial charge on any atom is -0.408 e. The predicted octanol–water partition coefficient (Wildman–Crippen LogP) is 3.93. The quantitative estimate of drug-likeness (QED) is 0.642. The molecule has 1 saturated carbocycles. The summed E-state index contributed by atoms with van der Waals surface area (Å²) in [6, 6.07) is 11.5. The van der Waals surface area contributed by atoms with E-state index in [-0.39, 0.29) is 5.76 Å². The summed E-state index contributed by atoms with van der Waals surface area (Å²) >= 11 is 0. The van der Waals surface area contributed by atoms with E-state index < -0.39 is 11.6 Å². The van der Waals surface area contributed by atoms with Gasteiger partial charge in [-0.15, -0.1) is 0 Å². The molecular formula is C20H20F2N2O2. The van der Waals surface area contributed by atoms with Gasteiger partial charge in [-0.2, -0.15) is 0 Å². The molecule has 6 heteroatoms. The molecule has 1 heterocycles. The van der Waals surface area contributed by atoms with Gasteiger partial charge in [0.25, 0.3) is 0 Å². The highest BCUT2D eigenvalue weighted by atomic mass is 19.1. The molecule has 26 heavy (non-hydrogen) atoms. The zero-order chi connectivity index (χ0) is 18.1. The van der Waals surface area contributed by atoms with Crippen LogP contribution in [0, 0.1) is 11.6 Å². The summed E-state index contributed by atoms with van der Waals surface area (Å²) in [5, 5.41) is 0. The normalized spacial score (nSPS) is 14.4. The van der Waals surface area contributed by atoms with Crippen LogP contribution >= 0.6 is 0 Å². The Hall–Kier alpha value is -2.47. The van der Waals surface area contributed by atoms with Gasteiger partial charge in [0.2, 0.25) is 0 Å². The van der Waals surface area contributed by atoms with Crippen molar-refractivity contribution in [3.05, 3.63) is 70.2 Å². The van der Waals surface area contributed by atoms with Gasteiger partial charge < -0.3 is 4.42 Å². The molecule has 1 aromatic heterocycles. The number of halogens is 2. The molecule has 2 aromatic carbocycles. The van der Waals surface area contributed by atoms with E-state index in [0.29, 0.717) is 30.3 Å². The van der Waals surface area contributed by atoms with Crippen LogP contribution in [0.25, 0.3) is 11.1 Å². The summed E-state index contributed by atoms with van der Waals surface area (Å²) in [5.74, 6) is -1.42. The molecule has 0 unspecified atom stereocenters. The van der Waals surface area contributed by atoms with Crippen molar-refractivity contribution < 1.29 is 13.2 Å². The van der Waals surface area contributed by atoms with Crippen LogP contribution in [0.5, 0.6) is 0 Å². The summed E-state index contributed by atoms with van der Waals surface area (Å²) in [6.45, 7) is 1.75. The van der Waals surface area contributed by atoms with Crippen molar-refractivity contribution in [2.24, 2.45) is 0 Å². The Morgan fingerprint density at radius 2 is 1.96 bits per heavy atom. The van der Waals surface area contributed by atoms with Gasteiger partial charge in [-0.1, -0.05) is 18.2 Å². The number of hydrogen-bond acceptors (Lipinski definition) is 3. The van der Waals surface area contributed by atoms with Crippen molar-refractivity contribution in [2.45, 2.75) is 38.4 Å². The zero-order valence-corrected chi connectivity index (χ0v) is 14.3. The molecule has 0 aliphatic heterocycles. The molecule has 1 aliphatic rings. The summed E-state index contributed by atoms with van der Waals surface area (Å²) < 4.78 is 33.9. The number of nitrogens with zero attached hydrogens (tertiary/aromatic N) is 2. The second kappa shape index (κ2) is 7.03. The third-order valence-electron chi connectivity index (χ3n) is 4.85. The Morgan fingerprint density at radius 3 is 2.73 bits per heavy atom. The number of oxazole rings is 1. The molecule has 0 N–H and O–H groups in total. The van der Waals surface area contributed by atoms with Gasteiger partial charge in [0.15, 0.2) is 5.58 Å². The second-order valence-electron chi connectivity index (χ2n) is 6.78. The van der Waals surface area contributed by atoms with Crippen molar-refractivity contribution in [1.29, 1.82) is 0 Å². The van der Waals surface area contributed by atoms with Crippen LogP contribution in [0.1, 0.15) is 24.8 Å². The standard InChI is InChI=1S/C20H20F2N2O2/c21-15-7-6-14(17(22)12-15)13-23(16-8-9-16)10-3-11-24-18-4-1-2-5-19(18)26-20(24)25/h1-2,4-7,12,16H,3,8-11,13H2. The van der Waals surface area contributed by atoms with E-state index in [9.17, 15) is 13.6 Å². The molecule has 0 bridgehead atoms. The van der Waals surface area contributed by atoms with Crippen molar-refractivity contribution in [2.75, 3.05) is 6.54 Å². The van der Waals surface area contributed by atoms with Gasteiger partial charge in [-0.05, 0) is 37.5 Å². The molecule has 3 aromatic rings. The van der Waals surface area contributed by atoms with Crippen molar-refractivity contribution in [3.8, 4) is 0 Å². The molecule has 0 radical (unpaired) electrons. The lowest BCUT2D eigenvalue weighted by atomic mass is 10.2. The molecule has 1 fully saturated rings. The molecule has 0 saturated heterocycles. The van der Waals surface area contributed by atoms with Crippen LogP contribution in [0.15, 0.2) is 51.7 Å². The SMILES string of the molecule is O=c1oc2ccccc2n1CCCN(Cc1ccc(F)cc1F)C1CC1. The van der Waals surface area contributed by atoms with Crippen LogP contribution < -0.4 is 5.76 Å². The van der Waals surface area contributed by atoms with Gasteiger partial charge in [-0.25, -0.2) is 13.6 Å². The third kappa shape index (κ3) is 3.55. The summed E-state index contributed by atoms with van der Waals surface area (Å²) in [6.07, 6.45) is 2.94. The van der Waals surface area contributed by atoms with Gasteiger partial charge in [0, 0.05) is 37.3 Å². The molecule has 0 atom stereocenters. The van der Waals surface area contributed by atoms with E-state index in [1.165, 1.54) is 12.1 Å². The highest BCUT2D eigenvalue weighted by Crippen LogP contribution is 2.29. The number of aromatic nitrogens is 1. The molecule has 0 amide bonds. The maximum Gasteiger partial charge on any atom is 0.419 e. The largest absolute Gasteiger partial charge is 0.419 e. The van der Waals surface area contributed by atoms with Crippen molar-refractivity contribution in [1.82, 2.24) is 9.47 Å². The number of benzene rings is 2. The number of aryl methyl sites for hydroxylation is 1.